The van der Waals surface area contributed by atoms with E-state index in [1.807, 2.05) is 32.9 Å². The summed E-state index contributed by atoms with van der Waals surface area (Å²) < 4.78 is 16.5. The molecule has 9 nitrogen and oxygen atoms in total. The normalized spacial score (nSPS) is 14.8. The zero-order chi connectivity index (χ0) is 23.1. The minimum absolute atomic E-state index is 0.410. The number of anilines is 1. The van der Waals surface area contributed by atoms with Crippen LogP contribution in [0.25, 0.3) is 21.1 Å². The fourth-order valence-corrected chi connectivity index (χ4v) is 4.53. The third-order valence-corrected chi connectivity index (χ3v) is 6.28. The van der Waals surface area contributed by atoms with E-state index in [1.165, 1.54) is 25.6 Å². The highest BCUT2D eigenvalue weighted by Gasteiger charge is 2.45. The van der Waals surface area contributed by atoms with Gasteiger partial charge in [-0.05, 0) is 45.7 Å². The highest BCUT2D eigenvalue weighted by molar-refractivity contribution is 7.21. The molecule has 2 N–H and O–H groups in total. The predicted molar refractivity (Wildman–Crippen MR) is 123 cm³/mol. The quantitative estimate of drug-likeness (QED) is 0.531. The fraction of sp³-hybridized carbons (Fsp3) is 0.455. The first-order valence-corrected chi connectivity index (χ1v) is 11.1. The van der Waals surface area contributed by atoms with Gasteiger partial charge in [0, 0.05) is 16.6 Å². The summed E-state index contributed by atoms with van der Waals surface area (Å²) in [7, 11) is 2.89. The minimum Gasteiger partial charge on any atom is -0.480 e. The van der Waals surface area contributed by atoms with Gasteiger partial charge in [0.05, 0.1) is 42.7 Å². The number of benzene rings is 1. The summed E-state index contributed by atoms with van der Waals surface area (Å²) in [6.45, 7) is 5.91. The van der Waals surface area contributed by atoms with Crippen LogP contribution >= 0.6 is 11.3 Å². The number of fused-ring (bicyclic) bond motifs is 3. The third kappa shape index (κ3) is 4.40. The molecule has 3 aromatic rings. The summed E-state index contributed by atoms with van der Waals surface area (Å²) in [6, 6.07) is 3.75. The van der Waals surface area contributed by atoms with Crippen molar-refractivity contribution in [3.05, 3.63) is 23.2 Å². The van der Waals surface area contributed by atoms with E-state index >= 15 is 0 Å². The monoisotopic (exact) mass is 458 g/mol. The molecule has 2 aromatic heterocycles. The topological polar surface area (TPSA) is 112 Å². The van der Waals surface area contributed by atoms with Gasteiger partial charge < -0.3 is 24.8 Å². The molecule has 0 bridgehead atoms. The van der Waals surface area contributed by atoms with E-state index in [4.69, 9.17) is 14.2 Å². The molecule has 1 saturated carbocycles. The average Bonchev–Trinajstić information content (AvgIpc) is 3.39. The number of esters is 1. The maximum atomic E-state index is 12.5. The Labute approximate surface area is 189 Å². The van der Waals surface area contributed by atoms with E-state index in [0.29, 0.717) is 34.0 Å². The number of hydrogen-bond donors (Lipinski definition) is 2. The van der Waals surface area contributed by atoms with Crippen molar-refractivity contribution < 1.29 is 23.8 Å². The number of aromatic nitrogens is 2. The Balaban J connectivity index is 1.68. The second-order valence-corrected chi connectivity index (χ2v) is 9.83. The largest absolute Gasteiger partial charge is 0.480 e. The summed E-state index contributed by atoms with van der Waals surface area (Å²) in [6.07, 6.45) is 2.72. The molecule has 0 spiro atoms. The number of rotatable bonds is 6. The van der Waals surface area contributed by atoms with Crippen molar-refractivity contribution in [1.29, 1.82) is 0 Å². The molecule has 1 fully saturated rings. The van der Waals surface area contributed by atoms with Crippen molar-refractivity contribution in [2.24, 2.45) is 0 Å². The van der Waals surface area contributed by atoms with Crippen molar-refractivity contribution in [2.45, 2.75) is 44.8 Å². The lowest BCUT2D eigenvalue weighted by Crippen LogP contribution is -2.44. The van der Waals surface area contributed by atoms with Gasteiger partial charge in [0.2, 0.25) is 5.88 Å². The summed E-state index contributed by atoms with van der Waals surface area (Å²) in [5.41, 5.74) is 0.931. The van der Waals surface area contributed by atoms with E-state index in [1.54, 1.807) is 6.20 Å². The Morgan fingerprint density at radius 2 is 1.97 bits per heavy atom. The van der Waals surface area contributed by atoms with E-state index in [2.05, 4.69) is 20.6 Å². The van der Waals surface area contributed by atoms with Gasteiger partial charge in [-0.1, -0.05) is 0 Å². The maximum absolute atomic E-state index is 12.5. The van der Waals surface area contributed by atoms with Crippen molar-refractivity contribution in [1.82, 2.24) is 15.3 Å². The molecule has 0 saturated heterocycles. The summed E-state index contributed by atoms with van der Waals surface area (Å²) in [5, 5.41) is 7.14. The third-order valence-electron chi connectivity index (χ3n) is 5.15. The molecule has 0 unspecified atom stereocenters. The highest BCUT2D eigenvalue weighted by atomic mass is 32.1. The Morgan fingerprint density at radius 3 is 2.59 bits per heavy atom. The first-order valence-electron chi connectivity index (χ1n) is 10.2. The molecule has 2 heterocycles. The molecule has 1 amide bonds. The van der Waals surface area contributed by atoms with Crippen LogP contribution in [-0.4, -0.2) is 53.9 Å². The van der Waals surface area contributed by atoms with Crippen molar-refractivity contribution in [3.8, 4) is 5.88 Å². The number of amides is 1. The van der Waals surface area contributed by atoms with Crippen LogP contribution in [0.15, 0.2) is 18.3 Å². The van der Waals surface area contributed by atoms with Gasteiger partial charge in [-0.2, -0.15) is 0 Å². The van der Waals surface area contributed by atoms with Gasteiger partial charge in [0.25, 0.3) is 0 Å². The zero-order valence-electron chi connectivity index (χ0n) is 18.7. The van der Waals surface area contributed by atoms with Gasteiger partial charge in [-0.3, -0.25) is 0 Å². The van der Waals surface area contributed by atoms with E-state index in [-0.39, 0.29) is 0 Å². The lowest BCUT2D eigenvalue weighted by atomic mass is 10.1. The van der Waals surface area contributed by atoms with Crippen LogP contribution in [0.2, 0.25) is 0 Å². The number of nitrogens with zero attached hydrogens (tertiary/aromatic N) is 2. The molecule has 1 aliphatic carbocycles. The van der Waals surface area contributed by atoms with E-state index in [9.17, 15) is 9.59 Å². The molecule has 170 valence electrons. The molecule has 1 aliphatic rings. The Kier molecular flexibility index (Phi) is 5.58. The van der Waals surface area contributed by atoms with Crippen LogP contribution in [0.5, 0.6) is 5.88 Å². The smallest absolute Gasteiger partial charge is 0.408 e. The fourth-order valence-electron chi connectivity index (χ4n) is 3.43. The van der Waals surface area contributed by atoms with E-state index in [0.717, 1.165) is 22.9 Å². The zero-order valence-corrected chi connectivity index (χ0v) is 19.5. The second-order valence-electron chi connectivity index (χ2n) is 8.78. The number of carbonyl (C=O) groups excluding carboxylic acids is 2. The Hall–Kier alpha value is -3.14. The lowest BCUT2D eigenvalue weighted by Gasteiger charge is -2.24. The van der Waals surface area contributed by atoms with Gasteiger partial charge in [-0.15, -0.1) is 11.3 Å². The average molecular weight is 459 g/mol. The predicted octanol–water partition coefficient (Wildman–Crippen LogP) is 4.11. The van der Waals surface area contributed by atoms with Crippen molar-refractivity contribution >= 4 is 50.2 Å². The van der Waals surface area contributed by atoms with Gasteiger partial charge in [0.1, 0.15) is 10.5 Å². The van der Waals surface area contributed by atoms with Crippen LogP contribution in [0.3, 0.4) is 0 Å². The van der Waals surface area contributed by atoms with Crippen LogP contribution < -0.4 is 15.4 Å². The Bertz CT molecular complexity index is 1200. The van der Waals surface area contributed by atoms with Crippen molar-refractivity contribution in [2.75, 3.05) is 26.1 Å². The highest BCUT2D eigenvalue weighted by Crippen LogP contribution is 2.42. The van der Waals surface area contributed by atoms with Crippen LogP contribution in [-0.2, 0) is 9.47 Å². The number of alkyl carbamates (subject to hydrolysis) is 1. The standard InChI is InChI=1S/C22H26N4O5S/c1-21(2,3)31-20(28)26-22(8-9-22)11-24-17-15-13(32-18(17)19(27)30-5)7-6-12-16(15)23-10-14(25-12)29-4/h6-7,10,24H,8-9,11H2,1-5H3,(H,26,28). The summed E-state index contributed by atoms with van der Waals surface area (Å²) in [4.78, 5) is 34.2. The maximum Gasteiger partial charge on any atom is 0.408 e. The summed E-state index contributed by atoms with van der Waals surface area (Å²) >= 11 is 1.33. The second kappa shape index (κ2) is 8.09. The number of carbonyl (C=O) groups is 2. The number of hydrogen-bond acceptors (Lipinski definition) is 9. The van der Waals surface area contributed by atoms with Gasteiger partial charge in [0.15, 0.2) is 0 Å². The molecule has 0 atom stereocenters. The first-order chi connectivity index (χ1) is 15.1. The molecule has 0 aliphatic heterocycles. The van der Waals surface area contributed by atoms with Crippen LogP contribution in [0.1, 0.15) is 43.3 Å². The number of nitrogens with one attached hydrogen (secondary N) is 2. The molecule has 1 aromatic carbocycles. The molecule has 4 rings (SSSR count). The van der Waals surface area contributed by atoms with E-state index < -0.39 is 23.2 Å². The summed E-state index contributed by atoms with van der Waals surface area (Å²) in [5.74, 6) is -0.0263. The first kappa shape index (κ1) is 22.1. The molecule has 10 heteroatoms. The van der Waals surface area contributed by atoms with Crippen LogP contribution in [0.4, 0.5) is 10.5 Å². The lowest BCUT2D eigenvalue weighted by molar-refractivity contribution is 0.0498. The van der Waals surface area contributed by atoms with Crippen molar-refractivity contribution in [3.63, 3.8) is 0 Å². The van der Waals surface area contributed by atoms with Crippen LogP contribution in [0, 0.1) is 0 Å². The molecular weight excluding hydrogens is 432 g/mol. The number of thiophene rings is 1. The number of ether oxygens (including phenoxy) is 3. The Morgan fingerprint density at radius 1 is 1.22 bits per heavy atom. The van der Waals surface area contributed by atoms with Gasteiger partial charge in [-0.25, -0.2) is 19.6 Å². The SMILES string of the molecule is COC(=O)c1sc2ccc3nc(OC)cnc3c2c1NCC1(NC(=O)OC(C)(C)C)CC1. The minimum atomic E-state index is -0.576. The van der Waals surface area contributed by atoms with Gasteiger partial charge >= 0.3 is 12.1 Å². The molecule has 32 heavy (non-hydrogen) atoms. The number of methoxy groups -OCH3 is 2. The molecular formula is C22H26N4O5S. The molecule has 0 radical (unpaired) electrons.